The number of hydrogen-bond acceptors (Lipinski definition) is 3. The summed E-state index contributed by atoms with van der Waals surface area (Å²) < 4.78 is 5.59. The van der Waals surface area contributed by atoms with Crippen LogP contribution in [-0.2, 0) is 17.8 Å². The standard InChI is InChI=1S/C18H30N2O/c1-4-18-14-21-9-8-20(18)13-17-7-5-6-16(10-17)12-19-11-15(2)3/h5-7,10,15,18-19H,4,8-9,11-14H2,1-3H3. The van der Waals surface area contributed by atoms with Gasteiger partial charge in [0.05, 0.1) is 13.2 Å². The zero-order valence-electron chi connectivity index (χ0n) is 13.8. The average molecular weight is 290 g/mol. The van der Waals surface area contributed by atoms with Gasteiger partial charge in [-0.3, -0.25) is 4.90 Å². The Labute approximate surface area is 129 Å². The van der Waals surface area contributed by atoms with E-state index in [1.165, 1.54) is 11.1 Å². The molecule has 1 N–H and O–H groups in total. The second-order valence-electron chi connectivity index (χ2n) is 6.45. The topological polar surface area (TPSA) is 24.5 Å². The average Bonchev–Trinajstić information content (AvgIpc) is 2.48. The van der Waals surface area contributed by atoms with Gasteiger partial charge in [0, 0.05) is 25.7 Å². The van der Waals surface area contributed by atoms with Crippen LogP contribution in [0.25, 0.3) is 0 Å². The van der Waals surface area contributed by atoms with E-state index in [0.717, 1.165) is 45.8 Å². The van der Waals surface area contributed by atoms with Gasteiger partial charge in [-0.15, -0.1) is 0 Å². The molecular weight excluding hydrogens is 260 g/mol. The summed E-state index contributed by atoms with van der Waals surface area (Å²) in [5.41, 5.74) is 2.80. The van der Waals surface area contributed by atoms with Crippen molar-refractivity contribution in [2.45, 2.75) is 46.3 Å². The first-order valence-electron chi connectivity index (χ1n) is 8.29. The van der Waals surface area contributed by atoms with Gasteiger partial charge in [-0.1, -0.05) is 45.0 Å². The predicted octanol–water partition coefficient (Wildman–Crippen LogP) is 3.04. The molecule has 0 spiro atoms. The maximum atomic E-state index is 5.59. The molecule has 21 heavy (non-hydrogen) atoms. The van der Waals surface area contributed by atoms with E-state index >= 15 is 0 Å². The Morgan fingerprint density at radius 2 is 2.14 bits per heavy atom. The van der Waals surface area contributed by atoms with Crippen LogP contribution in [0.5, 0.6) is 0 Å². The number of nitrogens with zero attached hydrogens (tertiary/aromatic N) is 1. The highest BCUT2D eigenvalue weighted by Crippen LogP contribution is 2.15. The van der Waals surface area contributed by atoms with Gasteiger partial charge < -0.3 is 10.1 Å². The van der Waals surface area contributed by atoms with Crippen molar-refractivity contribution in [3.8, 4) is 0 Å². The maximum absolute atomic E-state index is 5.59. The third-order valence-corrected chi connectivity index (χ3v) is 4.08. The van der Waals surface area contributed by atoms with Gasteiger partial charge in [0.25, 0.3) is 0 Å². The molecule has 3 nitrogen and oxygen atoms in total. The molecule has 1 atom stereocenters. The summed E-state index contributed by atoms with van der Waals surface area (Å²) in [7, 11) is 0. The summed E-state index contributed by atoms with van der Waals surface area (Å²) in [6.07, 6.45) is 1.16. The molecule has 1 unspecified atom stereocenters. The van der Waals surface area contributed by atoms with Crippen LogP contribution >= 0.6 is 0 Å². The Morgan fingerprint density at radius 1 is 1.33 bits per heavy atom. The normalized spacial score (nSPS) is 20.1. The van der Waals surface area contributed by atoms with E-state index in [9.17, 15) is 0 Å². The highest BCUT2D eigenvalue weighted by Gasteiger charge is 2.21. The van der Waals surface area contributed by atoms with Crippen LogP contribution in [0.1, 0.15) is 38.3 Å². The molecule has 0 amide bonds. The fourth-order valence-electron chi connectivity index (χ4n) is 2.85. The minimum atomic E-state index is 0.571. The third-order valence-electron chi connectivity index (χ3n) is 4.08. The third kappa shape index (κ3) is 5.42. The Bertz CT molecular complexity index is 419. The molecule has 1 aromatic carbocycles. The lowest BCUT2D eigenvalue weighted by Gasteiger charge is -2.35. The Kier molecular flexibility index (Phi) is 6.68. The first-order valence-corrected chi connectivity index (χ1v) is 8.29. The minimum absolute atomic E-state index is 0.571. The summed E-state index contributed by atoms with van der Waals surface area (Å²) in [6.45, 7) is 12.6. The summed E-state index contributed by atoms with van der Waals surface area (Å²) >= 11 is 0. The van der Waals surface area contributed by atoms with E-state index in [4.69, 9.17) is 4.74 Å². The molecule has 0 saturated carbocycles. The molecule has 0 aliphatic carbocycles. The van der Waals surface area contributed by atoms with Crippen molar-refractivity contribution in [1.82, 2.24) is 10.2 Å². The number of morpholine rings is 1. The van der Waals surface area contributed by atoms with Crippen molar-refractivity contribution < 1.29 is 4.74 Å². The molecule has 118 valence electrons. The van der Waals surface area contributed by atoms with Crippen LogP contribution in [0.3, 0.4) is 0 Å². The Hall–Kier alpha value is -0.900. The van der Waals surface area contributed by atoms with Crippen LogP contribution in [0.4, 0.5) is 0 Å². The Balaban J connectivity index is 1.90. The van der Waals surface area contributed by atoms with Crippen LogP contribution in [-0.4, -0.2) is 37.2 Å². The van der Waals surface area contributed by atoms with Crippen LogP contribution in [0, 0.1) is 5.92 Å². The van der Waals surface area contributed by atoms with Crippen LogP contribution < -0.4 is 5.32 Å². The lowest BCUT2D eigenvalue weighted by Crippen LogP contribution is -2.44. The van der Waals surface area contributed by atoms with Crippen molar-refractivity contribution in [2.75, 3.05) is 26.3 Å². The number of rotatable bonds is 7. The SMILES string of the molecule is CCC1COCCN1Cc1cccc(CNCC(C)C)c1. The van der Waals surface area contributed by atoms with E-state index in [-0.39, 0.29) is 0 Å². The molecule has 1 aliphatic heterocycles. The molecule has 1 fully saturated rings. The number of nitrogens with one attached hydrogen (secondary N) is 1. The number of benzene rings is 1. The van der Waals surface area contributed by atoms with Gasteiger partial charge in [0.2, 0.25) is 0 Å². The monoisotopic (exact) mass is 290 g/mol. The molecule has 0 bridgehead atoms. The highest BCUT2D eigenvalue weighted by atomic mass is 16.5. The number of ether oxygens (including phenoxy) is 1. The molecule has 1 aromatic rings. The van der Waals surface area contributed by atoms with Gasteiger partial charge >= 0.3 is 0 Å². The molecule has 0 aromatic heterocycles. The minimum Gasteiger partial charge on any atom is -0.378 e. The van der Waals surface area contributed by atoms with Gasteiger partial charge in [-0.05, 0) is 30.0 Å². The maximum Gasteiger partial charge on any atom is 0.0622 e. The van der Waals surface area contributed by atoms with Gasteiger partial charge in [0.15, 0.2) is 0 Å². The molecular formula is C18H30N2O. The van der Waals surface area contributed by atoms with Crippen molar-refractivity contribution in [1.29, 1.82) is 0 Å². The summed E-state index contributed by atoms with van der Waals surface area (Å²) in [5.74, 6) is 0.701. The van der Waals surface area contributed by atoms with Gasteiger partial charge in [-0.2, -0.15) is 0 Å². The predicted molar refractivity (Wildman–Crippen MR) is 88.3 cm³/mol. The van der Waals surface area contributed by atoms with E-state index in [1.54, 1.807) is 0 Å². The van der Waals surface area contributed by atoms with Crippen LogP contribution in [0.2, 0.25) is 0 Å². The smallest absolute Gasteiger partial charge is 0.0622 e. The second-order valence-corrected chi connectivity index (χ2v) is 6.45. The van der Waals surface area contributed by atoms with Crippen molar-refractivity contribution in [3.05, 3.63) is 35.4 Å². The molecule has 1 saturated heterocycles. The molecule has 2 rings (SSSR count). The molecule has 3 heteroatoms. The molecule has 1 aliphatic rings. The zero-order chi connectivity index (χ0) is 15.1. The first kappa shape index (κ1) is 16.5. The summed E-state index contributed by atoms with van der Waals surface area (Å²) in [5, 5.41) is 3.52. The first-order chi connectivity index (χ1) is 10.2. The van der Waals surface area contributed by atoms with Gasteiger partial charge in [0.1, 0.15) is 0 Å². The highest BCUT2D eigenvalue weighted by molar-refractivity contribution is 5.23. The van der Waals surface area contributed by atoms with Crippen molar-refractivity contribution in [3.63, 3.8) is 0 Å². The summed E-state index contributed by atoms with van der Waals surface area (Å²) in [4.78, 5) is 2.56. The number of hydrogen-bond donors (Lipinski definition) is 1. The fourth-order valence-corrected chi connectivity index (χ4v) is 2.85. The zero-order valence-corrected chi connectivity index (χ0v) is 13.8. The quantitative estimate of drug-likeness (QED) is 0.835. The Morgan fingerprint density at radius 3 is 2.90 bits per heavy atom. The molecule has 0 radical (unpaired) electrons. The molecule has 1 heterocycles. The van der Waals surface area contributed by atoms with Gasteiger partial charge in [-0.25, -0.2) is 0 Å². The van der Waals surface area contributed by atoms with E-state index in [2.05, 4.69) is 55.3 Å². The van der Waals surface area contributed by atoms with Crippen molar-refractivity contribution >= 4 is 0 Å². The second kappa shape index (κ2) is 8.52. The van der Waals surface area contributed by atoms with E-state index in [0.29, 0.717) is 12.0 Å². The fraction of sp³-hybridized carbons (Fsp3) is 0.667. The lowest BCUT2D eigenvalue weighted by atomic mass is 10.1. The summed E-state index contributed by atoms with van der Waals surface area (Å²) in [6, 6.07) is 9.56. The lowest BCUT2D eigenvalue weighted by molar-refractivity contribution is -0.0127. The largest absolute Gasteiger partial charge is 0.378 e. The van der Waals surface area contributed by atoms with Crippen molar-refractivity contribution in [2.24, 2.45) is 5.92 Å². The van der Waals surface area contributed by atoms with E-state index < -0.39 is 0 Å². The van der Waals surface area contributed by atoms with Crippen LogP contribution in [0.15, 0.2) is 24.3 Å². The van der Waals surface area contributed by atoms with E-state index in [1.807, 2.05) is 0 Å².